The summed E-state index contributed by atoms with van der Waals surface area (Å²) in [5, 5.41) is 0. The van der Waals surface area contributed by atoms with Crippen LogP contribution >= 0.6 is 0 Å². The van der Waals surface area contributed by atoms with E-state index < -0.39 is 15.6 Å². The van der Waals surface area contributed by atoms with Gasteiger partial charge in [-0.25, -0.2) is 0 Å². The number of pyridine rings is 2. The van der Waals surface area contributed by atoms with Crippen LogP contribution in [0.3, 0.4) is 0 Å². The van der Waals surface area contributed by atoms with Crippen molar-refractivity contribution in [2.75, 3.05) is 0 Å². The molecule has 0 aliphatic carbocycles. The molecule has 10 heteroatoms. The average molecular weight is 576 g/mol. The molecule has 0 unspecified atom stereocenters. The van der Waals surface area contributed by atoms with Gasteiger partial charge >= 0.3 is 15.6 Å². The van der Waals surface area contributed by atoms with Crippen molar-refractivity contribution in [3.05, 3.63) is 73.1 Å². The maximum atomic E-state index is 10.7. The number of rotatable bonds is 2. The number of aromatic nitrogens is 2. The monoisotopic (exact) mass is 576 g/mol. The van der Waals surface area contributed by atoms with Crippen molar-refractivity contribution in [2.45, 2.75) is 5.51 Å². The first-order valence-corrected chi connectivity index (χ1v) is 8.51. The Labute approximate surface area is 168 Å². The van der Waals surface area contributed by atoms with Crippen LogP contribution in [0.1, 0.15) is 0 Å². The Morgan fingerprint density at radius 2 is 1.22 bits per heavy atom. The Kier molecular flexibility index (Phi) is 8.27. The number of hydrogen-bond acceptors (Lipinski definition) is 4. The maximum absolute atomic E-state index is 10.7. The minimum atomic E-state index is -5.84. The minimum absolute atomic E-state index is 0. The van der Waals surface area contributed by atoms with E-state index in [0.29, 0.717) is 0 Å². The van der Waals surface area contributed by atoms with Crippen molar-refractivity contribution in [2.24, 2.45) is 0 Å². The Bertz CT molecular complexity index is 899. The molecule has 0 saturated carbocycles. The van der Waals surface area contributed by atoms with E-state index in [1.165, 1.54) is 0 Å². The molecule has 3 rings (SSSR count). The van der Waals surface area contributed by atoms with Gasteiger partial charge in [-0.3, -0.25) is 14.5 Å². The Morgan fingerprint density at radius 3 is 1.52 bits per heavy atom. The fourth-order valence-corrected chi connectivity index (χ4v) is 1.81. The van der Waals surface area contributed by atoms with Gasteiger partial charge in [0.1, 0.15) is 0 Å². The molecule has 146 valence electrons. The van der Waals surface area contributed by atoms with Gasteiger partial charge in [0, 0.05) is 44.8 Å². The van der Waals surface area contributed by atoms with E-state index in [4.69, 9.17) is 13.0 Å². The SMILES string of the molecule is O=S(=O)(O)C(F)(F)F.[Pt].[c-]1c(-c2ccccn2)cccc1-c1ccccn1. The van der Waals surface area contributed by atoms with Gasteiger partial charge < -0.3 is 0 Å². The third-order valence-corrected chi connectivity index (χ3v) is 3.55. The Hall–Kier alpha value is -2.09. The van der Waals surface area contributed by atoms with E-state index in [1.807, 2.05) is 54.6 Å². The standard InChI is InChI=1S/C16H11N2.CHF3O3S.Pt/c1-3-10-17-15(8-1)13-6-5-7-14(12-13)16-9-2-4-11-18-16;2-1(3,4)8(5,6)7;/h1-11H;(H,5,6,7);/q-1;;. The molecule has 3 aromatic rings. The molecule has 0 spiro atoms. The van der Waals surface area contributed by atoms with E-state index >= 15 is 0 Å². The number of nitrogens with zero attached hydrogens (tertiary/aromatic N) is 2. The summed E-state index contributed by atoms with van der Waals surface area (Å²) < 4.78 is 57.5. The fourth-order valence-electron chi connectivity index (χ4n) is 1.81. The first-order chi connectivity index (χ1) is 12.2. The van der Waals surface area contributed by atoms with Crippen LogP contribution in [0.2, 0.25) is 0 Å². The summed E-state index contributed by atoms with van der Waals surface area (Å²) in [6, 6.07) is 21.1. The van der Waals surface area contributed by atoms with Crippen molar-refractivity contribution in [3.63, 3.8) is 0 Å². The van der Waals surface area contributed by atoms with Gasteiger partial charge in [0.15, 0.2) is 0 Å². The molecule has 0 bridgehead atoms. The van der Waals surface area contributed by atoms with Crippen LogP contribution in [0, 0.1) is 6.07 Å². The van der Waals surface area contributed by atoms with Crippen LogP contribution in [0.25, 0.3) is 22.5 Å². The van der Waals surface area contributed by atoms with E-state index in [-0.39, 0.29) is 21.1 Å². The van der Waals surface area contributed by atoms with E-state index in [1.54, 1.807) is 12.4 Å². The number of benzene rings is 1. The molecule has 0 atom stereocenters. The molecule has 27 heavy (non-hydrogen) atoms. The second-order valence-electron chi connectivity index (χ2n) is 4.83. The summed E-state index contributed by atoms with van der Waals surface area (Å²) in [5.74, 6) is 0. The van der Waals surface area contributed by atoms with Crippen molar-refractivity contribution in [1.29, 1.82) is 0 Å². The molecule has 0 amide bonds. The van der Waals surface area contributed by atoms with Gasteiger partial charge in [0.2, 0.25) is 0 Å². The first kappa shape index (κ1) is 22.9. The maximum Gasteiger partial charge on any atom is 0.522 e. The molecule has 0 aliphatic heterocycles. The van der Waals surface area contributed by atoms with Crippen molar-refractivity contribution in [3.8, 4) is 22.5 Å². The Balaban J connectivity index is 0.000000350. The molecule has 5 nitrogen and oxygen atoms in total. The summed E-state index contributed by atoms with van der Waals surface area (Å²) >= 11 is 0. The number of halogens is 3. The van der Waals surface area contributed by atoms with Gasteiger partial charge in [-0.05, 0) is 12.1 Å². The molecule has 2 aromatic heterocycles. The van der Waals surface area contributed by atoms with Crippen LogP contribution in [0.4, 0.5) is 13.2 Å². The molecule has 0 saturated heterocycles. The molecule has 1 N–H and O–H groups in total. The zero-order valence-electron chi connectivity index (χ0n) is 13.4. The quantitative estimate of drug-likeness (QED) is 0.284. The topological polar surface area (TPSA) is 80.2 Å². The van der Waals surface area contributed by atoms with Crippen LogP contribution in [-0.4, -0.2) is 28.4 Å². The van der Waals surface area contributed by atoms with Crippen molar-refractivity contribution >= 4 is 10.1 Å². The summed E-state index contributed by atoms with van der Waals surface area (Å²) in [6.07, 6.45) is 3.58. The van der Waals surface area contributed by atoms with Crippen LogP contribution in [-0.2, 0) is 31.2 Å². The van der Waals surface area contributed by atoms with E-state index in [9.17, 15) is 13.2 Å². The predicted molar refractivity (Wildman–Crippen MR) is 89.3 cm³/mol. The van der Waals surface area contributed by atoms with Gasteiger partial charge in [-0.15, -0.1) is 24.3 Å². The number of hydrogen-bond donors (Lipinski definition) is 1. The third kappa shape index (κ3) is 6.86. The first-order valence-electron chi connectivity index (χ1n) is 7.07. The zero-order chi connectivity index (χ0) is 19.2. The molecule has 0 fully saturated rings. The molecule has 1 aromatic carbocycles. The molecule has 0 radical (unpaired) electrons. The van der Waals surface area contributed by atoms with Gasteiger partial charge in [-0.2, -0.15) is 21.6 Å². The summed E-state index contributed by atoms with van der Waals surface area (Å²) in [6.45, 7) is 0. The van der Waals surface area contributed by atoms with Crippen molar-refractivity contribution in [1.82, 2.24) is 9.97 Å². The van der Waals surface area contributed by atoms with Gasteiger partial charge in [-0.1, -0.05) is 35.4 Å². The predicted octanol–water partition coefficient (Wildman–Crippen LogP) is 4.00. The van der Waals surface area contributed by atoms with Crippen LogP contribution < -0.4 is 0 Å². The zero-order valence-corrected chi connectivity index (χ0v) is 16.5. The second kappa shape index (κ2) is 9.73. The smallest absolute Gasteiger partial charge is 0.295 e. The number of alkyl halides is 3. The van der Waals surface area contributed by atoms with Crippen LogP contribution in [0.5, 0.6) is 0 Å². The summed E-state index contributed by atoms with van der Waals surface area (Å²) in [4.78, 5) is 8.66. The van der Waals surface area contributed by atoms with Gasteiger partial charge in [0.05, 0.1) is 0 Å². The normalized spacial score (nSPS) is 11.0. The minimum Gasteiger partial charge on any atom is -0.295 e. The molecular weight excluding hydrogens is 564 g/mol. The van der Waals surface area contributed by atoms with E-state index in [0.717, 1.165) is 22.5 Å². The third-order valence-electron chi connectivity index (χ3n) is 2.97. The largest absolute Gasteiger partial charge is 0.522 e. The summed E-state index contributed by atoms with van der Waals surface area (Å²) in [7, 11) is -5.84. The molecule has 2 heterocycles. The van der Waals surface area contributed by atoms with Crippen LogP contribution in [0.15, 0.2) is 67.0 Å². The fraction of sp³-hybridized carbons (Fsp3) is 0.0588. The second-order valence-corrected chi connectivity index (χ2v) is 6.24. The van der Waals surface area contributed by atoms with E-state index in [2.05, 4.69) is 16.0 Å². The molecule has 0 aliphatic rings. The average Bonchev–Trinajstić information content (AvgIpc) is 2.62. The van der Waals surface area contributed by atoms with Gasteiger partial charge in [0.25, 0.3) is 0 Å². The Morgan fingerprint density at radius 1 is 0.815 bits per heavy atom. The molecular formula is C17H12F3N2O3PtS-. The van der Waals surface area contributed by atoms with Crippen molar-refractivity contribution < 1.29 is 47.2 Å². The summed E-state index contributed by atoms with van der Waals surface area (Å²) in [5.41, 5.74) is -1.71.